The van der Waals surface area contributed by atoms with Crippen LogP contribution in [0.5, 0.6) is 11.5 Å². The number of aliphatic hydroxyl groups is 1. The molecule has 2 unspecified atom stereocenters. The summed E-state index contributed by atoms with van der Waals surface area (Å²) in [5, 5.41) is 15.3. The van der Waals surface area contributed by atoms with Crippen LogP contribution in [0, 0.1) is 0 Å². The topological polar surface area (TPSA) is 83.1 Å². The predicted octanol–water partition coefficient (Wildman–Crippen LogP) is 0.818. The van der Waals surface area contributed by atoms with E-state index in [1.165, 1.54) is 0 Å². The Morgan fingerprint density at radius 3 is 2.65 bits per heavy atom. The molecule has 0 aromatic heterocycles. The van der Waals surface area contributed by atoms with E-state index in [-0.39, 0.29) is 36.8 Å². The molecule has 2 atom stereocenters. The third-order valence-electron chi connectivity index (χ3n) is 3.91. The van der Waals surface area contributed by atoms with Crippen LogP contribution in [0.1, 0.15) is 12.0 Å². The molecule has 1 aliphatic heterocycles. The first-order chi connectivity index (χ1) is 11.5. The summed E-state index contributed by atoms with van der Waals surface area (Å²) in [6.45, 7) is 2.27. The number of amides is 1. The van der Waals surface area contributed by atoms with Crippen LogP contribution >= 0.6 is 24.8 Å². The fourth-order valence-corrected chi connectivity index (χ4v) is 2.51. The SMILES string of the molecule is COc1cc(CNC(=O)C2CC(O)CN2)ccc1OCCN(C)C.Cl.Cl. The molecule has 1 aromatic carbocycles. The number of benzene rings is 1. The summed E-state index contributed by atoms with van der Waals surface area (Å²) < 4.78 is 11.1. The zero-order valence-electron chi connectivity index (χ0n) is 15.4. The molecule has 1 saturated heterocycles. The van der Waals surface area contributed by atoms with Gasteiger partial charge in [-0.3, -0.25) is 4.79 Å². The van der Waals surface area contributed by atoms with Crippen molar-refractivity contribution in [1.82, 2.24) is 15.5 Å². The Hall–Kier alpha value is -1.25. The van der Waals surface area contributed by atoms with Crippen molar-refractivity contribution in [2.45, 2.75) is 25.1 Å². The number of methoxy groups -OCH3 is 1. The third kappa shape index (κ3) is 7.55. The van der Waals surface area contributed by atoms with Gasteiger partial charge in [0, 0.05) is 19.6 Å². The van der Waals surface area contributed by atoms with Crippen LogP contribution in [-0.2, 0) is 11.3 Å². The van der Waals surface area contributed by atoms with Crippen LogP contribution in [0.2, 0.25) is 0 Å². The highest BCUT2D eigenvalue weighted by Crippen LogP contribution is 2.28. The lowest BCUT2D eigenvalue weighted by molar-refractivity contribution is -0.123. The van der Waals surface area contributed by atoms with Gasteiger partial charge in [0.1, 0.15) is 6.61 Å². The summed E-state index contributed by atoms with van der Waals surface area (Å²) in [6, 6.07) is 5.30. The molecule has 1 aromatic rings. The van der Waals surface area contributed by atoms with Gasteiger partial charge in [-0.25, -0.2) is 0 Å². The first kappa shape index (κ1) is 24.8. The number of likely N-dealkylation sites (N-methyl/N-ethyl adjacent to an activating group) is 1. The Labute approximate surface area is 167 Å². The minimum absolute atomic E-state index is 0. The third-order valence-corrected chi connectivity index (χ3v) is 3.91. The van der Waals surface area contributed by atoms with Crippen LogP contribution in [0.3, 0.4) is 0 Å². The smallest absolute Gasteiger partial charge is 0.237 e. The fraction of sp³-hybridized carbons (Fsp3) is 0.588. The van der Waals surface area contributed by atoms with Crippen LogP contribution < -0.4 is 20.1 Å². The molecule has 1 fully saturated rings. The molecule has 1 aliphatic rings. The molecule has 0 saturated carbocycles. The van der Waals surface area contributed by atoms with E-state index in [2.05, 4.69) is 10.6 Å². The molecule has 1 amide bonds. The van der Waals surface area contributed by atoms with Gasteiger partial charge in [0.05, 0.1) is 19.3 Å². The summed E-state index contributed by atoms with van der Waals surface area (Å²) in [5.41, 5.74) is 0.929. The van der Waals surface area contributed by atoms with Gasteiger partial charge in [0.2, 0.25) is 5.91 Å². The number of halogens is 2. The largest absolute Gasteiger partial charge is 0.493 e. The van der Waals surface area contributed by atoms with E-state index in [0.717, 1.165) is 12.1 Å². The number of β-amino-alcohol motifs (C(OH)–C–C–N with tert-alkyl or cyclic N) is 1. The Kier molecular flexibility index (Phi) is 11.6. The average Bonchev–Trinajstić information content (AvgIpc) is 2.99. The van der Waals surface area contributed by atoms with Crippen LogP contribution in [0.25, 0.3) is 0 Å². The molecule has 2 rings (SSSR count). The Bertz CT molecular complexity index is 561. The summed E-state index contributed by atoms with van der Waals surface area (Å²) in [4.78, 5) is 14.1. The van der Waals surface area contributed by atoms with Gasteiger partial charge in [-0.1, -0.05) is 6.07 Å². The summed E-state index contributed by atoms with van der Waals surface area (Å²) >= 11 is 0. The molecule has 150 valence electrons. The van der Waals surface area contributed by atoms with E-state index in [9.17, 15) is 9.90 Å². The van der Waals surface area contributed by atoms with Crippen molar-refractivity contribution >= 4 is 30.7 Å². The number of ether oxygens (including phenoxy) is 2. The lowest BCUT2D eigenvalue weighted by Crippen LogP contribution is -2.40. The average molecular weight is 410 g/mol. The maximum atomic E-state index is 12.0. The molecular weight excluding hydrogens is 381 g/mol. The molecular formula is C17H29Cl2N3O4. The number of rotatable bonds is 8. The zero-order chi connectivity index (χ0) is 17.5. The number of carbonyl (C=O) groups is 1. The van der Waals surface area contributed by atoms with Crippen molar-refractivity contribution in [3.05, 3.63) is 23.8 Å². The van der Waals surface area contributed by atoms with Crippen LogP contribution in [-0.4, -0.2) is 69.0 Å². The summed E-state index contributed by atoms with van der Waals surface area (Å²) in [5.74, 6) is 1.24. The molecule has 0 radical (unpaired) electrons. The first-order valence-corrected chi connectivity index (χ1v) is 8.13. The van der Waals surface area contributed by atoms with Gasteiger partial charge in [-0.2, -0.15) is 0 Å². The van der Waals surface area contributed by atoms with E-state index in [1.54, 1.807) is 7.11 Å². The lowest BCUT2D eigenvalue weighted by atomic mass is 10.1. The molecule has 0 aliphatic carbocycles. The molecule has 1 heterocycles. The van der Waals surface area contributed by atoms with Gasteiger partial charge in [-0.05, 0) is 38.2 Å². The molecule has 9 heteroatoms. The quantitative estimate of drug-likeness (QED) is 0.589. The second-order valence-corrected chi connectivity index (χ2v) is 6.21. The van der Waals surface area contributed by atoms with Gasteiger partial charge >= 0.3 is 0 Å². The van der Waals surface area contributed by atoms with E-state index >= 15 is 0 Å². The Balaban J connectivity index is 0.00000312. The van der Waals surface area contributed by atoms with Crippen molar-refractivity contribution in [2.24, 2.45) is 0 Å². The standard InChI is InChI=1S/C17H27N3O4.2ClH/c1-20(2)6-7-24-15-5-4-12(8-16(15)23-3)10-19-17(22)14-9-13(21)11-18-14;;/h4-5,8,13-14,18,21H,6-7,9-11H2,1-3H3,(H,19,22);2*1H. The fourth-order valence-electron chi connectivity index (χ4n) is 2.51. The highest BCUT2D eigenvalue weighted by Gasteiger charge is 2.27. The summed E-state index contributed by atoms with van der Waals surface area (Å²) in [7, 11) is 5.58. The Morgan fingerprint density at radius 2 is 2.08 bits per heavy atom. The van der Waals surface area contributed by atoms with Crippen molar-refractivity contribution < 1.29 is 19.4 Å². The van der Waals surface area contributed by atoms with E-state index in [1.807, 2.05) is 37.2 Å². The van der Waals surface area contributed by atoms with Crippen LogP contribution in [0.4, 0.5) is 0 Å². The van der Waals surface area contributed by atoms with E-state index in [4.69, 9.17) is 9.47 Å². The van der Waals surface area contributed by atoms with E-state index in [0.29, 0.717) is 37.6 Å². The predicted molar refractivity (Wildman–Crippen MR) is 106 cm³/mol. The van der Waals surface area contributed by atoms with Crippen LogP contribution in [0.15, 0.2) is 18.2 Å². The Morgan fingerprint density at radius 1 is 1.35 bits per heavy atom. The molecule has 7 nitrogen and oxygen atoms in total. The number of carbonyl (C=O) groups excluding carboxylic acids is 1. The van der Waals surface area contributed by atoms with Gasteiger partial charge in [0.25, 0.3) is 0 Å². The van der Waals surface area contributed by atoms with Gasteiger partial charge in [-0.15, -0.1) is 24.8 Å². The van der Waals surface area contributed by atoms with Gasteiger partial charge in [0.15, 0.2) is 11.5 Å². The maximum absolute atomic E-state index is 12.0. The zero-order valence-corrected chi connectivity index (χ0v) is 17.0. The number of hydrogen-bond acceptors (Lipinski definition) is 6. The number of hydrogen-bond donors (Lipinski definition) is 3. The molecule has 3 N–H and O–H groups in total. The molecule has 26 heavy (non-hydrogen) atoms. The highest BCUT2D eigenvalue weighted by molar-refractivity contribution is 5.85. The minimum atomic E-state index is -0.445. The van der Waals surface area contributed by atoms with Gasteiger partial charge < -0.3 is 30.1 Å². The van der Waals surface area contributed by atoms with Crippen molar-refractivity contribution in [3.8, 4) is 11.5 Å². The van der Waals surface area contributed by atoms with Crippen molar-refractivity contribution in [3.63, 3.8) is 0 Å². The molecule has 0 bridgehead atoms. The lowest BCUT2D eigenvalue weighted by Gasteiger charge is -2.15. The second kappa shape index (κ2) is 12.2. The summed E-state index contributed by atoms with van der Waals surface area (Å²) in [6.07, 6.45) is 0.00723. The molecule has 0 spiro atoms. The monoisotopic (exact) mass is 409 g/mol. The van der Waals surface area contributed by atoms with Crippen molar-refractivity contribution in [2.75, 3.05) is 40.9 Å². The second-order valence-electron chi connectivity index (χ2n) is 6.21. The minimum Gasteiger partial charge on any atom is -0.493 e. The normalized spacial score (nSPS) is 18.7. The number of nitrogens with zero attached hydrogens (tertiary/aromatic N) is 1. The number of nitrogens with one attached hydrogen (secondary N) is 2. The van der Waals surface area contributed by atoms with E-state index < -0.39 is 6.10 Å². The van der Waals surface area contributed by atoms with Crippen molar-refractivity contribution in [1.29, 1.82) is 0 Å². The maximum Gasteiger partial charge on any atom is 0.237 e. The first-order valence-electron chi connectivity index (χ1n) is 8.13. The number of aliphatic hydroxyl groups excluding tert-OH is 1. The highest BCUT2D eigenvalue weighted by atomic mass is 35.5.